The highest BCUT2D eigenvalue weighted by Crippen LogP contribution is 2.28. The van der Waals surface area contributed by atoms with E-state index in [0.717, 1.165) is 4.47 Å². The molecule has 2 rings (SSSR count). The number of ether oxygens (including phenoxy) is 1. The number of nitrogens with one attached hydrogen (secondary N) is 2. The van der Waals surface area contributed by atoms with E-state index in [1.165, 1.54) is 13.0 Å². The summed E-state index contributed by atoms with van der Waals surface area (Å²) < 4.78 is 7.84. The number of hydrogen-bond acceptors (Lipinski definition) is 3. The van der Waals surface area contributed by atoms with Gasteiger partial charge in [-0.05, 0) is 47.1 Å². The van der Waals surface area contributed by atoms with Crippen LogP contribution in [-0.2, 0) is 11.8 Å². The quantitative estimate of drug-likeness (QED) is 0.725. The van der Waals surface area contributed by atoms with Crippen molar-refractivity contribution in [1.29, 1.82) is 0 Å². The number of benzene rings is 1. The highest BCUT2D eigenvalue weighted by molar-refractivity contribution is 9.10. The van der Waals surface area contributed by atoms with E-state index in [1.54, 1.807) is 36.0 Å². The lowest BCUT2D eigenvalue weighted by molar-refractivity contribution is -0.128. The number of aromatic nitrogens is 1. The van der Waals surface area contributed by atoms with Crippen molar-refractivity contribution in [3.63, 3.8) is 0 Å². The number of aryl methyl sites for hydroxylation is 1. The van der Waals surface area contributed by atoms with Gasteiger partial charge in [0.25, 0.3) is 11.8 Å². The SMILES string of the molecule is CC(Oc1ccc(Cl)cc1Cl)C(=O)NNC(=O)c1cc(Br)cn1C. The maximum absolute atomic E-state index is 12.0. The molecule has 1 atom stereocenters. The van der Waals surface area contributed by atoms with Gasteiger partial charge < -0.3 is 9.30 Å². The van der Waals surface area contributed by atoms with E-state index in [2.05, 4.69) is 26.8 Å². The predicted octanol–water partition coefficient (Wildman–Crippen LogP) is 3.32. The van der Waals surface area contributed by atoms with E-state index in [1.807, 2.05) is 0 Å². The van der Waals surface area contributed by atoms with E-state index in [0.29, 0.717) is 21.5 Å². The van der Waals surface area contributed by atoms with Gasteiger partial charge in [-0.25, -0.2) is 0 Å². The first-order valence-electron chi connectivity index (χ1n) is 6.81. The molecule has 1 aromatic carbocycles. The minimum absolute atomic E-state index is 0.292. The molecule has 128 valence electrons. The number of nitrogens with zero attached hydrogens (tertiary/aromatic N) is 1. The molecule has 0 radical (unpaired) electrons. The molecule has 2 aromatic rings. The Balaban J connectivity index is 1.92. The Bertz CT molecular complexity index is 779. The van der Waals surface area contributed by atoms with Gasteiger partial charge in [-0.2, -0.15) is 0 Å². The minimum Gasteiger partial charge on any atom is -0.479 e. The Morgan fingerprint density at radius 3 is 2.54 bits per heavy atom. The van der Waals surface area contributed by atoms with Crippen molar-refractivity contribution in [2.45, 2.75) is 13.0 Å². The van der Waals surface area contributed by atoms with Gasteiger partial charge in [0.05, 0.1) is 5.02 Å². The second-order valence-electron chi connectivity index (χ2n) is 4.93. The topological polar surface area (TPSA) is 72.4 Å². The van der Waals surface area contributed by atoms with E-state index in [9.17, 15) is 9.59 Å². The van der Waals surface area contributed by atoms with Gasteiger partial charge in [0.1, 0.15) is 11.4 Å². The van der Waals surface area contributed by atoms with Crippen molar-refractivity contribution in [3.8, 4) is 5.75 Å². The summed E-state index contributed by atoms with van der Waals surface area (Å²) in [7, 11) is 1.72. The molecule has 0 spiro atoms. The van der Waals surface area contributed by atoms with Crippen molar-refractivity contribution >= 4 is 50.9 Å². The summed E-state index contributed by atoms with van der Waals surface area (Å²) in [6.07, 6.45) is 0.856. The third-order valence-corrected chi connectivity index (χ3v) is 4.03. The average Bonchev–Trinajstić information content (AvgIpc) is 2.85. The van der Waals surface area contributed by atoms with Crippen LogP contribution >= 0.6 is 39.1 Å². The van der Waals surface area contributed by atoms with Gasteiger partial charge >= 0.3 is 0 Å². The van der Waals surface area contributed by atoms with Crippen LogP contribution in [0.3, 0.4) is 0 Å². The number of halogens is 3. The van der Waals surface area contributed by atoms with E-state index in [4.69, 9.17) is 27.9 Å². The molecule has 0 bridgehead atoms. The van der Waals surface area contributed by atoms with Crippen LogP contribution in [0.5, 0.6) is 5.75 Å². The van der Waals surface area contributed by atoms with Gasteiger partial charge in [-0.3, -0.25) is 20.4 Å². The van der Waals surface area contributed by atoms with E-state index < -0.39 is 17.9 Å². The molecule has 24 heavy (non-hydrogen) atoms. The first-order chi connectivity index (χ1) is 11.3. The molecular formula is C15H14BrCl2N3O3. The zero-order chi connectivity index (χ0) is 17.9. The van der Waals surface area contributed by atoms with Crippen molar-refractivity contribution in [3.05, 3.63) is 50.7 Å². The molecule has 0 saturated carbocycles. The monoisotopic (exact) mass is 433 g/mol. The van der Waals surface area contributed by atoms with Crippen molar-refractivity contribution in [1.82, 2.24) is 15.4 Å². The second kappa shape index (κ2) is 7.92. The molecular weight excluding hydrogens is 421 g/mol. The Labute approximate surface area is 157 Å². The second-order valence-corrected chi connectivity index (χ2v) is 6.69. The number of carbonyl (C=O) groups is 2. The fourth-order valence-electron chi connectivity index (χ4n) is 1.85. The van der Waals surface area contributed by atoms with Crippen LogP contribution in [0.2, 0.25) is 10.0 Å². The number of amides is 2. The van der Waals surface area contributed by atoms with Crippen LogP contribution in [0.15, 0.2) is 34.9 Å². The van der Waals surface area contributed by atoms with Gasteiger partial charge in [0.15, 0.2) is 6.10 Å². The lowest BCUT2D eigenvalue weighted by atomic mass is 10.3. The van der Waals surface area contributed by atoms with E-state index >= 15 is 0 Å². The molecule has 6 nitrogen and oxygen atoms in total. The standard InChI is InChI=1S/C15H14BrCl2N3O3/c1-8(24-13-4-3-10(17)6-11(13)18)14(22)19-20-15(23)12-5-9(16)7-21(12)2/h3-8H,1-2H3,(H,19,22)(H,20,23). The Morgan fingerprint density at radius 2 is 1.96 bits per heavy atom. The van der Waals surface area contributed by atoms with Crippen molar-refractivity contribution in [2.24, 2.45) is 7.05 Å². The number of hydrazine groups is 1. The number of rotatable bonds is 4. The van der Waals surface area contributed by atoms with Gasteiger partial charge in [-0.1, -0.05) is 23.2 Å². The fraction of sp³-hybridized carbons (Fsp3) is 0.200. The van der Waals surface area contributed by atoms with E-state index in [-0.39, 0.29) is 0 Å². The normalized spacial score (nSPS) is 11.7. The summed E-state index contributed by atoms with van der Waals surface area (Å²) in [6, 6.07) is 6.31. The molecule has 2 N–H and O–H groups in total. The molecule has 0 aliphatic carbocycles. The summed E-state index contributed by atoms with van der Waals surface area (Å²) in [5.74, 6) is -0.655. The number of hydrogen-bond donors (Lipinski definition) is 2. The Kier molecular flexibility index (Phi) is 6.15. The molecule has 0 aliphatic rings. The fourth-order valence-corrected chi connectivity index (χ4v) is 2.83. The molecule has 0 aliphatic heterocycles. The minimum atomic E-state index is -0.871. The lowest BCUT2D eigenvalue weighted by Crippen LogP contribution is -2.47. The molecule has 0 saturated heterocycles. The highest BCUT2D eigenvalue weighted by atomic mass is 79.9. The zero-order valence-corrected chi connectivity index (χ0v) is 15.9. The molecule has 1 aromatic heterocycles. The molecule has 9 heteroatoms. The largest absolute Gasteiger partial charge is 0.479 e. The predicted molar refractivity (Wildman–Crippen MR) is 95.3 cm³/mol. The van der Waals surface area contributed by atoms with Crippen molar-refractivity contribution in [2.75, 3.05) is 0 Å². The van der Waals surface area contributed by atoms with Gasteiger partial charge in [0, 0.05) is 22.7 Å². The smallest absolute Gasteiger partial charge is 0.286 e. The first kappa shape index (κ1) is 18.6. The molecule has 1 unspecified atom stereocenters. The van der Waals surface area contributed by atoms with Crippen molar-refractivity contribution < 1.29 is 14.3 Å². The average molecular weight is 435 g/mol. The van der Waals surface area contributed by atoms with Crippen LogP contribution in [-0.4, -0.2) is 22.5 Å². The van der Waals surface area contributed by atoms with Crippen LogP contribution in [0.1, 0.15) is 17.4 Å². The van der Waals surface area contributed by atoms with Crippen LogP contribution in [0, 0.1) is 0 Å². The summed E-state index contributed by atoms with van der Waals surface area (Å²) in [5.41, 5.74) is 5.02. The maximum Gasteiger partial charge on any atom is 0.286 e. The van der Waals surface area contributed by atoms with Crippen LogP contribution in [0.25, 0.3) is 0 Å². The lowest BCUT2D eigenvalue weighted by Gasteiger charge is -2.16. The van der Waals surface area contributed by atoms with Crippen LogP contribution < -0.4 is 15.6 Å². The van der Waals surface area contributed by atoms with Gasteiger partial charge in [-0.15, -0.1) is 0 Å². The summed E-state index contributed by atoms with van der Waals surface area (Å²) in [4.78, 5) is 24.0. The third kappa shape index (κ3) is 4.66. The molecule has 2 amide bonds. The first-order valence-corrected chi connectivity index (χ1v) is 8.36. The Morgan fingerprint density at radius 1 is 1.25 bits per heavy atom. The highest BCUT2D eigenvalue weighted by Gasteiger charge is 2.18. The zero-order valence-electron chi connectivity index (χ0n) is 12.8. The third-order valence-electron chi connectivity index (χ3n) is 3.07. The summed E-state index contributed by atoms with van der Waals surface area (Å²) in [5, 5.41) is 0.755. The molecule has 1 heterocycles. The van der Waals surface area contributed by atoms with Gasteiger partial charge in [0.2, 0.25) is 0 Å². The maximum atomic E-state index is 12.0. The summed E-state index contributed by atoms with van der Waals surface area (Å²) in [6.45, 7) is 1.53. The number of carbonyl (C=O) groups excluding carboxylic acids is 2. The van der Waals surface area contributed by atoms with Crippen LogP contribution in [0.4, 0.5) is 0 Å². The summed E-state index contributed by atoms with van der Waals surface area (Å²) >= 11 is 15.1. The Hall–Kier alpha value is -1.70. The molecule has 0 fully saturated rings.